The van der Waals surface area contributed by atoms with Crippen molar-refractivity contribution in [3.63, 3.8) is 0 Å². The molecule has 1 aromatic rings. The topological polar surface area (TPSA) is 20.3 Å². The molecule has 0 aliphatic carbocycles. The van der Waals surface area contributed by atoms with Crippen molar-refractivity contribution in [3.8, 4) is 0 Å². The third kappa shape index (κ3) is 3.50. The zero-order valence-electron chi connectivity index (χ0n) is 11.7. The first kappa shape index (κ1) is 14.4. The van der Waals surface area contributed by atoms with Crippen LogP contribution in [0.5, 0.6) is 0 Å². The molecular formula is C16H22ClNO. The number of likely N-dealkylation sites (tertiary alicyclic amines) is 1. The molecule has 104 valence electrons. The Hall–Kier alpha value is -1.02. The van der Waals surface area contributed by atoms with Gasteiger partial charge in [0.15, 0.2) is 0 Å². The van der Waals surface area contributed by atoms with Crippen molar-refractivity contribution >= 4 is 17.5 Å². The minimum atomic E-state index is 0.126. The van der Waals surface area contributed by atoms with E-state index >= 15 is 0 Å². The van der Waals surface area contributed by atoms with Gasteiger partial charge in [0.1, 0.15) is 0 Å². The summed E-state index contributed by atoms with van der Waals surface area (Å²) in [5.41, 5.74) is 2.07. The summed E-state index contributed by atoms with van der Waals surface area (Å²) in [7, 11) is 0. The van der Waals surface area contributed by atoms with Gasteiger partial charge in [0.05, 0.1) is 0 Å². The van der Waals surface area contributed by atoms with E-state index in [0.717, 1.165) is 37.8 Å². The molecule has 1 saturated heterocycles. The summed E-state index contributed by atoms with van der Waals surface area (Å²) in [5.74, 6) is 0.155. The van der Waals surface area contributed by atoms with Gasteiger partial charge in [-0.15, -0.1) is 11.6 Å². The Morgan fingerprint density at radius 3 is 2.68 bits per heavy atom. The number of nitrogens with zero attached hydrogens (tertiary/aromatic N) is 1. The number of carbonyl (C=O) groups is 1. The number of amides is 1. The first-order valence-electron chi connectivity index (χ1n) is 7.15. The molecule has 1 fully saturated rings. The smallest absolute Gasteiger partial charge is 0.254 e. The SMILES string of the molecule is CCc1ccc(C(=O)N2CCCC2CC(C)Cl)cc1. The molecule has 0 aromatic heterocycles. The molecule has 0 bridgehead atoms. The number of aryl methyl sites for hydroxylation is 1. The van der Waals surface area contributed by atoms with Crippen LogP contribution in [0.2, 0.25) is 0 Å². The van der Waals surface area contributed by atoms with Gasteiger partial charge < -0.3 is 4.90 Å². The molecule has 2 nitrogen and oxygen atoms in total. The molecule has 1 aromatic carbocycles. The maximum atomic E-state index is 12.5. The molecule has 2 rings (SSSR count). The van der Waals surface area contributed by atoms with Gasteiger partial charge in [0.25, 0.3) is 5.91 Å². The largest absolute Gasteiger partial charge is 0.336 e. The summed E-state index contributed by atoms with van der Waals surface area (Å²) < 4.78 is 0. The number of hydrogen-bond donors (Lipinski definition) is 0. The molecule has 1 amide bonds. The fourth-order valence-corrected chi connectivity index (χ4v) is 2.98. The highest BCUT2D eigenvalue weighted by molar-refractivity contribution is 6.20. The van der Waals surface area contributed by atoms with Gasteiger partial charge in [-0.05, 0) is 50.3 Å². The molecule has 1 heterocycles. The summed E-state index contributed by atoms with van der Waals surface area (Å²) in [6.07, 6.45) is 4.06. The van der Waals surface area contributed by atoms with Crippen molar-refractivity contribution in [1.82, 2.24) is 4.90 Å². The molecule has 0 spiro atoms. The second-order valence-corrected chi connectivity index (χ2v) is 6.11. The van der Waals surface area contributed by atoms with Crippen molar-refractivity contribution in [1.29, 1.82) is 0 Å². The Kier molecular flexibility index (Phi) is 4.87. The summed E-state index contributed by atoms with van der Waals surface area (Å²) in [6, 6.07) is 8.29. The summed E-state index contributed by atoms with van der Waals surface area (Å²) in [6.45, 7) is 4.98. The lowest BCUT2D eigenvalue weighted by Gasteiger charge is -2.25. The van der Waals surface area contributed by atoms with E-state index in [1.807, 2.05) is 36.1 Å². The molecule has 1 aliphatic heterocycles. The molecular weight excluding hydrogens is 258 g/mol. The van der Waals surface area contributed by atoms with E-state index in [0.29, 0.717) is 6.04 Å². The monoisotopic (exact) mass is 279 g/mol. The average Bonchev–Trinajstić information content (AvgIpc) is 2.85. The third-order valence-corrected chi connectivity index (χ3v) is 4.02. The van der Waals surface area contributed by atoms with E-state index < -0.39 is 0 Å². The number of halogens is 1. The molecule has 19 heavy (non-hydrogen) atoms. The zero-order chi connectivity index (χ0) is 13.8. The van der Waals surface area contributed by atoms with E-state index in [2.05, 4.69) is 6.92 Å². The van der Waals surface area contributed by atoms with Crippen molar-refractivity contribution < 1.29 is 4.79 Å². The molecule has 0 radical (unpaired) electrons. The number of hydrogen-bond acceptors (Lipinski definition) is 1. The summed E-state index contributed by atoms with van der Waals surface area (Å²) in [5, 5.41) is 0.126. The van der Waals surface area contributed by atoms with E-state index in [-0.39, 0.29) is 11.3 Å². The lowest BCUT2D eigenvalue weighted by molar-refractivity contribution is 0.0731. The highest BCUT2D eigenvalue weighted by Gasteiger charge is 2.29. The standard InChI is InChI=1S/C16H22ClNO/c1-3-13-6-8-14(9-7-13)16(19)18-10-4-5-15(18)11-12(2)17/h6-9,12,15H,3-5,10-11H2,1-2H3. The fourth-order valence-electron chi connectivity index (χ4n) is 2.77. The molecule has 2 unspecified atom stereocenters. The lowest BCUT2D eigenvalue weighted by Crippen LogP contribution is -2.36. The number of alkyl halides is 1. The van der Waals surface area contributed by atoms with Gasteiger partial charge in [0.2, 0.25) is 0 Å². The zero-order valence-corrected chi connectivity index (χ0v) is 12.5. The Balaban J connectivity index is 2.09. The Morgan fingerprint density at radius 2 is 2.11 bits per heavy atom. The molecule has 0 N–H and O–H groups in total. The number of rotatable bonds is 4. The van der Waals surface area contributed by atoms with Crippen LogP contribution >= 0.6 is 11.6 Å². The number of carbonyl (C=O) groups excluding carboxylic acids is 1. The minimum Gasteiger partial charge on any atom is -0.336 e. The summed E-state index contributed by atoms with van der Waals surface area (Å²) >= 11 is 6.08. The van der Waals surface area contributed by atoms with E-state index in [1.54, 1.807) is 0 Å². The first-order chi connectivity index (χ1) is 9.11. The van der Waals surface area contributed by atoms with Gasteiger partial charge in [-0.3, -0.25) is 4.79 Å². The Labute approximate surface area is 120 Å². The molecule has 2 atom stereocenters. The van der Waals surface area contributed by atoms with Gasteiger partial charge in [0, 0.05) is 23.5 Å². The minimum absolute atomic E-state index is 0.126. The van der Waals surface area contributed by atoms with Crippen molar-refractivity contribution in [2.75, 3.05) is 6.54 Å². The molecule has 0 saturated carbocycles. The van der Waals surface area contributed by atoms with Crippen LogP contribution in [0.1, 0.15) is 49.0 Å². The van der Waals surface area contributed by atoms with E-state index in [1.165, 1.54) is 5.56 Å². The van der Waals surface area contributed by atoms with Crippen LogP contribution < -0.4 is 0 Å². The highest BCUT2D eigenvalue weighted by atomic mass is 35.5. The van der Waals surface area contributed by atoms with Gasteiger partial charge in [-0.2, -0.15) is 0 Å². The van der Waals surface area contributed by atoms with E-state index in [4.69, 9.17) is 11.6 Å². The first-order valence-corrected chi connectivity index (χ1v) is 7.59. The molecule has 3 heteroatoms. The van der Waals surface area contributed by atoms with Crippen LogP contribution in [0.4, 0.5) is 0 Å². The second kappa shape index (κ2) is 6.42. The Bertz CT molecular complexity index is 427. The normalized spacial score (nSPS) is 20.6. The van der Waals surface area contributed by atoms with Crippen molar-refractivity contribution in [2.24, 2.45) is 0 Å². The van der Waals surface area contributed by atoms with Crippen LogP contribution in [0.15, 0.2) is 24.3 Å². The van der Waals surface area contributed by atoms with Crippen molar-refractivity contribution in [2.45, 2.75) is 50.9 Å². The van der Waals surface area contributed by atoms with E-state index in [9.17, 15) is 4.79 Å². The van der Waals surface area contributed by atoms with Gasteiger partial charge in [-0.1, -0.05) is 19.1 Å². The van der Waals surface area contributed by atoms with Crippen molar-refractivity contribution in [3.05, 3.63) is 35.4 Å². The average molecular weight is 280 g/mol. The highest BCUT2D eigenvalue weighted by Crippen LogP contribution is 2.25. The van der Waals surface area contributed by atoms with Crippen LogP contribution in [0.3, 0.4) is 0 Å². The molecule has 1 aliphatic rings. The third-order valence-electron chi connectivity index (χ3n) is 3.84. The van der Waals surface area contributed by atoms with Crippen LogP contribution in [-0.4, -0.2) is 28.8 Å². The van der Waals surface area contributed by atoms with Gasteiger partial charge >= 0.3 is 0 Å². The summed E-state index contributed by atoms with van der Waals surface area (Å²) in [4.78, 5) is 14.5. The predicted molar refractivity (Wildman–Crippen MR) is 79.8 cm³/mol. The fraction of sp³-hybridized carbons (Fsp3) is 0.562. The second-order valence-electron chi connectivity index (χ2n) is 5.36. The predicted octanol–water partition coefficient (Wildman–Crippen LogP) is 3.87. The van der Waals surface area contributed by atoms with Crippen LogP contribution in [-0.2, 0) is 6.42 Å². The maximum absolute atomic E-state index is 12.5. The Morgan fingerprint density at radius 1 is 1.42 bits per heavy atom. The van der Waals surface area contributed by atoms with Crippen LogP contribution in [0.25, 0.3) is 0 Å². The van der Waals surface area contributed by atoms with Gasteiger partial charge in [-0.25, -0.2) is 0 Å². The van der Waals surface area contributed by atoms with Crippen LogP contribution in [0, 0.1) is 0 Å². The maximum Gasteiger partial charge on any atom is 0.254 e. The lowest BCUT2D eigenvalue weighted by atomic mass is 10.1. The number of benzene rings is 1. The quantitative estimate of drug-likeness (QED) is 0.766.